The number of rotatable bonds is 4. The monoisotopic (exact) mass is 399 g/mol. The number of benzene rings is 2. The van der Waals surface area contributed by atoms with Crippen LogP contribution in [-0.4, -0.2) is 31.6 Å². The summed E-state index contributed by atoms with van der Waals surface area (Å²) in [6.07, 6.45) is 4.82. The Kier molecular flexibility index (Phi) is 5.24. The van der Waals surface area contributed by atoms with Crippen molar-refractivity contribution < 1.29 is 14.3 Å². The van der Waals surface area contributed by atoms with Gasteiger partial charge in [0.2, 0.25) is 5.91 Å². The van der Waals surface area contributed by atoms with Gasteiger partial charge in [-0.25, -0.2) is 0 Å². The number of fused-ring (bicyclic) bond motifs is 1. The molecule has 148 valence electrons. The fourth-order valence-electron chi connectivity index (χ4n) is 4.73. The summed E-state index contributed by atoms with van der Waals surface area (Å²) >= 11 is 6.08. The Morgan fingerprint density at radius 3 is 2.21 bits per heavy atom. The second-order valence-electron chi connectivity index (χ2n) is 7.75. The number of carbonyl (C=O) groups excluding carboxylic acids is 1. The number of hydrogen-bond acceptors (Lipinski definition) is 3. The van der Waals surface area contributed by atoms with Gasteiger partial charge in [-0.2, -0.15) is 0 Å². The zero-order valence-corrected chi connectivity index (χ0v) is 17.2. The molecule has 1 heterocycles. The van der Waals surface area contributed by atoms with E-state index in [0.29, 0.717) is 17.3 Å². The van der Waals surface area contributed by atoms with E-state index in [1.165, 1.54) is 5.56 Å². The van der Waals surface area contributed by atoms with Gasteiger partial charge >= 0.3 is 0 Å². The van der Waals surface area contributed by atoms with Crippen LogP contribution in [0.15, 0.2) is 36.4 Å². The highest BCUT2D eigenvalue weighted by atomic mass is 35.5. The molecule has 2 aromatic rings. The zero-order valence-electron chi connectivity index (χ0n) is 16.5. The molecule has 2 aromatic carbocycles. The molecular weight excluding hydrogens is 374 g/mol. The smallest absolute Gasteiger partial charge is 0.233 e. The first-order valence-electron chi connectivity index (χ1n) is 9.86. The van der Waals surface area contributed by atoms with Gasteiger partial charge in [-0.05, 0) is 60.2 Å². The highest BCUT2D eigenvalue weighted by Crippen LogP contribution is 2.44. The lowest BCUT2D eigenvalue weighted by atomic mass is 9.77. The molecule has 1 aliphatic heterocycles. The van der Waals surface area contributed by atoms with E-state index in [9.17, 15) is 4.79 Å². The topological polar surface area (TPSA) is 38.8 Å². The number of nitrogens with zero attached hydrogens (tertiary/aromatic N) is 1. The summed E-state index contributed by atoms with van der Waals surface area (Å²) in [5, 5.41) is 0.706. The number of halogens is 1. The summed E-state index contributed by atoms with van der Waals surface area (Å²) in [7, 11) is 3.29. The Bertz CT molecular complexity index is 872. The maximum atomic E-state index is 13.7. The number of ether oxygens (including phenoxy) is 2. The first-order chi connectivity index (χ1) is 13.6. The molecule has 0 spiro atoms. The van der Waals surface area contributed by atoms with Crippen molar-refractivity contribution in [2.24, 2.45) is 0 Å². The van der Waals surface area contributed by atoms with Crippen molar-refractivity contribution in [3.8, 4) is 11.5 Å². The van der Waals surface area contributed by atoms with E-state index in [1.54, 1.807) is 14.2 Å². The highest BCUT2D eigenvalue weighted by molar-refractivity contribution is 6.30. The van der Waals surface area contributed by atoms with Crippen LogP contribution in [-0.2, 0) is 23.2 Å². The summed E-state index contributed by atoms with van der Waals surface area (Å²) in [5.41, 5.74) is 3.05. The Balaban J connectivity index is 1.64. The minimum atomic E-state index is -0.418. The number of amides is 1. The van der Waals surface area contributed by atoms with E-state index in [2.05, 4.69) is 0 Å². The van der Waals surface area contributed by atoms with Crippen molar-refractivity contribution in [3.05, 3.63) is 58.1 Å². The molecule has 0 N–H and O–H groups in total. The van der Waals surface area contributed by atoms with E-state index >= 15 is 0 Å². The Labute approximate surface area is 171 Å². The summed E-state index contributed by atoms with van der Waals surface area (Å²) < 4.78 is 10.9. The number of methoxy groups -OCH3 is 2. The first-order valence-corrected chi connectivity index (χ1v) is 10.2. The van der Waals surface area contributed by atoms with Crippen LogP contribution in [0.5, 0.6) is 11.5 Å². The molecule has 28 heavy (non-hydrogen) atoms. The van der Waals surface area contributed by atoms with Crippen molar-refractivity contribution in [3.63, 3.8) is 0 Å². The number of carbonyl (C=O) groups is 1. The molecule has 2 aliphatic rings. The van der Waals surface area contributed by atoms with Crippen LogP contribution in [0.4, 0.5) is 0 Å². The SMILES string of the molecule is COc1cc2c(cc1OC)CN(C(=O)C1(c3ccc(Cl)cc3)CCCC1)CC2. The third-order valence-electron chi connectivity index (χ3n) is 6.27. The molecule has 0 radical (unpaired) electrons. The average Bonchev–Trinajstić information content (AvgIpc) is 3.23. The molecule has 4 nitrogen and oxygen atoms in total. The molecule has 1 amide bonds. The van der Waals surface area contributed by atoms with Gasteiger partial charge < -0.3 is 14.4 Å². The minimum absolute atomic E-state index is 0.243. The Morgan fingerprint density at radius 1 is 1.00 bits per heavy atom. The van der Waals surface area contributed by atoms with Crippen molar-refractivity contribution in [1.82, 2.24) is 4.90 Å². The van der Waals surface area contributed by atoms with E-state index in [4.69, 9.17) is 21.1 Å². The molecule has 4 rings (SSSR count). The van der Waals surface area contributed by atoms with Gasteiger partial charge in [0, 0.05) is 18.1 Å². The predicted molar refractivity (Wildman–Crippen MR) is 110 cm³/mol. The third-order valence-corrected chi connectivity index (χ3v) is 6.52. The van der Waals surface area contributed by atoms with Crippen LogP contribution >= 0.6 is 11.6 Å². The quantitative estimate of drug-likeness (QED) is 0.744. The molecule has 5 heteroatoms. The normalized spacial score (nSPS) is 17.9. The van der Waals surface area contributed by atoms with Crippen LogP contribution in [0.2, 0.25) is 5.02 Å². The second kappa shape index (κ2) is 7.67. The van der Waals surface area contributed by atoms with Gasteiger partial charge in [-0.3, -0.25) is 4.79 Å². The summed E-state index contributed by atoms with van der Waals surface area (Å²) in [4.78, 5) is 15.8. The lowest BCUT2D eigenvalue weighted by Gasteiger charge is -2.37. The van der Waals surface area contributed by atoms with Crippen molar-refractivity contribution in [2.75, 3.05) is 20.8 Å². The zero-order chi connectivity index (χ0) is 19.7. The maximum Gasteiger partial charge on any atom is 0.233 e. The summed E-state index contributed by atoms with van der Waals surface area (Å²) in [6, 6.07) is 11.9. The minimum Gasteiger partial charge on any atom is -0.493 e. The fourth-order valence-corrected chi connectivity index (χ4v) is 4.86. The Morgan fingerprint density at radius 2 is 1.61 bits per heavy atom. The standard InChI is InChI=1S/C23H26ClNO3/c1-27-20-13-16-9-12-25(15-17(16)14-21(20)28-2)22(26)23(10-3-4-11-23)18-5-7-19(24)8-6-18/h5-8,13-14H,3-4,9-12,15H2,1-2H3. The van der Waals surface area contributed by atoms with E-state index in [0.717, 1.165) is 55.5 Å². The number of hydrogen-bond donors (Lipinski definition) is 0. The van der Waals surface area contributed by atoms with Crippen LogP contribution in [0.25, 0.3) is 0 Å². The fraction of sp³-hybridized carbons (Fsp3) is 0.435. The van der Waals surface area contributed by atoms with E-state index in [1.807, 2.05) is 41.3 Å². The second-order valence-corrected chi connectivity index (χ2v) is 8.19. The van der Waals surface area contributed by atoms with Gasteiger partial charge in [0.05, 0.1) is 19.6 Å². The summed E-state index contributed by atoms with van der Waals surface area (Å²) in [5.74, 6) is 1.70. The van der Waals surface area contributed by atoms with E-state index in [-0.39, 0.29) is 5.91 Å². The molecule has 0 atom stereocenters. The molecule has 1 saturated carbocycles. The lowest BCUT2D eigenvalue weighted by molar-refractivity contribution is -0.138. The Hall–Kier alpha value is -2.20. The first kappa shape index (κ1) is 19.1. The van der Waals surface area contributed by atoms with Gasteiger partial charge in [-0.15, -0.1) is 0 Å². The third kappa shape index (κ3) is 3.24. The molecule has 0 saturated heterocycles. The van der Waals surface area contributed by atoms with Crippen LogP contribution in [0, 0.1) is 0 Å². The molecule has 0 bridgehead atoms. The van der Waals surface area contributed by atoms with Gasteiger partial charge in [0.1, 0.15) is 0 Å². The predicted octanol–water partition coefficient (Wildman–Crippen LogP) is 4.75. The molecule has 1 fully saturated rings. The van der Waals surface area contributed by atoms with Gasteiger partial charge in [0.15, 0.2) is 11.5 Å². The molecule has 1 aliphatic carbocycles. The highest BCUT2D eigenvalue weighted by Gasteiger charge is 2.45. The van der Waals surface area contributed by atoms with Crippen molar-refractivity contribution >= 4 is 17.5 Å². The van der Waals surface area contributed by atoms with Gasteiger partial charge in [-0.1, -0.05) is 36.6 Å². The van der Waals surface area contributed by atoms with Crippen LogP contribution in [0.1, 0.15) is 42.4 Å². The van der Waals surface area contributed by atoms with Crippen LogP contribution in [0.3, 0.4) is 0 Å². The maximum absolute atomic E-state index is 13.7. The van der Waals surface area contributed by atoms with Crippen molar-refractivity contribution in [1.29, 1.82) is 0 Å². The molecule has 0 aromatic heterocycles. The van der Waals surface area contributed by atoms with Crippen molar-refractivity contribution in [2.45, 2.75) is 44.1 Å². The molecule has 0 unspecified atom stereocenters. The average molecular weight is 400 g/mol. The van der Waals surface area contributed by atoms with Crippen LogP contribution < -0.4 is 9.47 Å². The lowest BCUT2D eigenvalue weighted by Crippen LogP contribution is -2.47. The van der Waals surface area contributed by atoms with Gasteiger partial charge in [0.25, 0.3) is 0 Å². The molecular formula is C23H26ClNO3. The largest absolute Gasteiger partial charge is 0.493 e. The van der Waals surface area contributed by atoms with E-state index < -0.39 is 5.41 Å². The summed E-state index contributed by atoms with van der Waals surface area (Å²) in [6.45, 7) is 1.35.